The Morgan fingerprint density at radius 3 is 2.80 bits per heavy atom. The maximum absolute atomic E-state index is 11.6. The molecule has 1 aliphatic carbocycles. The van der Waals surface area contributed by atoms with E-state index in [1.54, 1.807) is 6.07 Å². The van der Waals surface area contributed by atoms with E-state index in [1.807, 2.05) is 12.1 Å². The number of carbonyl (C=O) groups is 1. The van der Waals surface area contributed by atoms with Gasteiger partial charge in [-0.15, -0.1) is 0 Å². The van der Waals surface area contributed by atoms with Crippen LogP contribution in [0.1, 0.15) is 17.5 Å². The van der Waals surface area contributed by atoms with E-state index < -0.39 is 16.8 Å². The molecule has 15 heavy (non-hydrogen) atoms. The summed E-state index contributed by atoms with van der Waals surface area (Å²) < 4.78 is 11.6. The van der Waals surface area contributed by atoms with Crippen molar-refractivity contribution in [3.05, 3.63) is 29.3 Å². The summed E-state index contributed by atoms with van der Waals surface area (Å²) in [7, 11) is -1.41. The molecule has 1 aliphatic rings. The lowest BCUT2D eigenvalue weighted by Crippen LogP contribution is -2.09. The van der Waals surface area contributed by atoms with Crippen molar-refractivity contribution in [1.82, 2.24) is 0 Å². The molecule has 0 amide bonds. The van der Waals surface area contributed by atoms with Gasteiger partial charge in [-0.05, 0) is 42.5 Å². The summed E-state index contributed by atoms with van der Waals surface area (Å²) in [6.07, 6.45) is 3.25. The van der Waals surface area contributed by atoms with Crippen molar-refractivity contribution in [2.75, 3.05) is 5.75 Å². The smallest absolute Gasteiger partial charge is 0.316 e. The van der Waals surface area contributed by atoms with Gasteiger partial charge in [-0.3, -0.25) is 9.00 Å². The Labute approximate surface area is 90.6 Å². The predicted octanol–water partition coefficient (Wildman–Crippen LogP) is 1.37. The number of aliphatic carboxylic acids is 1. The maximum Gasteiger partial charge on any atom is 0.316 e. The van der Waals surface area contributed by atoms with Crippen LogP contribution in [-0.4, -0.2) is 21.0 Å². The lowest BCUT2D eigenvalue weighted by Gasteiger charge is -2.03. The van der Waals surface area contributed by atoms with Crippen molar-refractivity contribution < 1.29 is 14.1 Å². The molecule has 0 aliphatic heterocycles. The van der Waals surface area contributed by atoms with E-state index in [2.05, 4.69) is 0 Å². The topological polar surface area (TPSA) is 54.4 Å². The molecule has 0 aromatic heterocycles. The molecule has 0 radical (unpaired) electrons. The van der Waals surface area contributed by atoms with Crippen LogP contribution in [0.2, 0.25) is 0 Å². The Bertz CT molecular complexity index is 426. The van der Waals surface area contributed by atoms with Crippen molar-refractivity contribution >= 4 is 16.8 Å². The molecule has 2 rings (SSSR count). The first-order valence-corrected chi connectivity index (χ1v) is 6.20. The van der Waals surface area contributed by atoms with Crippen molar-refractivity contribution in [2.24, 2.45) is 0 Å². The minimum absolute atomic E-state index is 0.307. The van der Waals surface area contributed by atoms with Gasteiger partial charge in [0.2, 0.25) is 0 Å². The molecule has 1 aromatic rings. The zero-order chi connectivity index (χ0) is 10.8. The second kappa shape index (κ2) is 4.14. The monoisotopic (exact) mass is 224 g/mol. The minimum Gasteiger partial charge on any atom is -0.481 e. The Morgan fingerprint density at radius 2 is 2.07 bits per heavy atom. The van der Waals surface area contributed by atoms with E-state index in [4.69, 9.17) is 5.11 Å². The normalized spacial score (nSPS) is 16.0. The lowest BCUT2D eigenvalue weighted by atomic mass is 10.1. The molecule has 4 heteroatoms. The van der Waals surface area contributed by atoms with Gasteiger partial charge < -0.3 is 5.11 Å². The molecule has 0 saturated carbocycles. The number of aryl methyl sites for hydroxylation is 2. The van der Waals surface area contributed by atoms with Crippen LogP contribution < -0.4 is 0 Å². The van der Waals surface area contributed by atoms with E-state index in [1.165, 1.54) is 11.1 Å². The number of benzene rings is 1. The molecule has 80 valence electrons. The summed E-state index contributed by atoms with van der Waals surface area (Å²) in [5.41, 5.74) is 2.54. The fourth-order valence-electron chi connectivity index (χ4n) is 1.89. The van der Waals surface area contributed by atoms with Crippen molar-refractivity contribution in [1.29, 1.82) is 0 Å². The molecule has 1 unspecified atom stereocenters. The van der Waals surface area contributed by atoms with E-state index >= 15 is 0 Å². The quantitative estimate of drug-likeness (QED) is 0.843. The van der Waals surface area contributed by atoms with Crippen molar-refractivity contribution in [2.45, 2.75) is 24.2 Å². The van der Waals surface area contributed by atoms with Crippen LogP contribution in [0.4, 0.5) is 0 Å². The van der Waals surface area contributed by atoms with Crippen molar-refractivity contribution in [3.8, 4) is 0 Å². The largest absolute Gasteiger partial charge is 0.481 e. The Hall–Kier alpha value is -1.16. The SMILES string of the molecule is O=C(O)CS(=O)c1ccc2c(c1)CCC2. The number of hydrogen-bond donors (Lipinski definition) is 1. The Balaban J connectivity index is 2.23. The number of rotatable bonds is 3. The highest BCUT2D eigenvalue weighted by molar-refractivity contribution is 7.85. The highest BCUT2D eigenvalue weighted by Gasteiger charge is 2.14. The van der Waals surface area contributed by atoms with Crippen LogP contribution in [0.15, 0.2) is 23.1 Å². The summed E-state index contributed by atoms with van der Waals surface area (Å²) in [5.74, 6) is -1.33. The molecule has 0 heterocycles. The first kappa shape index (κ1) is 10.4. The van der Waals surface area contributed by atoms with E-state index in [0.717, 1.165) is 19.3 Å². The van der Waals surface area contributed by atoms with E-state index in [-0.39, 0.29) is 5.75 Å². The number of carboxylic acid groups (broad SMARTS) is 1. The van der Waals surface area contributed by atoms with Crippen LogP contribution in [0.5, 0.6) is 0 Å². The average Bonchev–Trinajstić information content (AvgIpc) is 2.62. The fraction of sp³-hybridized carbons (Fsp3) is 0.364. The van der Waals surface area contributed by atoms with Gasteiger partial charge in [0.25, 0.3) is 0 Å². The summed E-state index contributed by atoms with van der Waals surface area (Å²) >= 11 is 0. The van der Waals surface area contributed by atoms with Gasteiger partial charge in [0, 0.05) is 4.90 Å². The Kier molecular flexibility index (Phi) is 2.86. The van der Waals surface area contributed by atoms with Gasteiger partial charge in [-0.1, -0.05) is 6.07 Å². The molecule has 0 bridgehead atoms. The average molecular weight is 224 g/mol. The van der Waals surface area contributed by atoms with Crippen LogP contribution in [0, 0.1) is 0 Å². The Morgan fingerprint density at radius 1 is 1.33 bits per heavy atom. The van der Waals surface area contributed by atoms with E-state index in [9.17, 15) is 9.00 Å². The highest BCUT2D eigenvalue weighted by atomic mass is 32.2. The molecule has 1 atom stereocenters. The summed E-state index contributed by atoms with van der Waals surface area (Å²) in [6.45, 7) is 0. The molecule has 1 aromatic carbocycles. The van der Waals surface area contributed by atoms with Crippen LogP contribution in [-0.2, 0) is 28.4 Å². The van der Waals surface area contributed by atoms with Gasteiger partial charge >= 0.3 is 5.97 Å². The third-order valence-corrected chi connectivity index (χ3v) is 3.88. The van der Waals surface area contributed by atoms with Gasteiger partial charge in [0.15, 0.2) is 0 Å². The summed E-state index contributed by atoms with van der Waals surface area (Å²) in [4.78, 5) is 11.1. The van der Waals surface area contributed by atoms with Gasteiger partial charge in [-0.2, -0.15) is 0 Å². The summed E-state index contributed by atoms with van der Waals surface area (Å²) in [5, 5.41) is 8.55. The third-order valence-electron chi connectivity index (χ3n) is 2.59. The van der Waals surface area contributed by atoms with Crippen LogP contribution in [0.25, 0.3) is 0 Å². The molecular formula is C11H12O3S. The van der Waals surface area contributed by atoms with Crippen LogP contribution in [0.3, 0.4) is 0 Å². The molecular weight excluding hydrogens is 212 g/mol. The second-order valence-electron chi connectivity index (χ2n) is 3.67. The minimum atomic E-state index is -1.41. The third kappa shape index (κ3) is 2.26. The standard InChI is InChI=1S/C11H12O3S/c12-11(13)7-15(14)10-5-4-8-2-1-3-9(8)6-10/h4-6H,1-3,7H2,(H,12,13). The second-order valence-corrected chi connectivity index (χ2v) is 5.12. The maximum atomic E-state index is 11.6. The fourth-order valence-corrected chi connectivity index (χ4v) is 2.77. The molecule has 3 nitrogen and oxygen atoms in total. The number of hydrogen-bond acceptors (Lipinski definition) is 2. The number of carboxylic acids is 1. The summed E-state index contributed by atoms with van der Waals surface area (Å²) in [6, 6.07) is 5.64. The zero-order valence-corrected chi connectivity index (χ0v) is 9.05. The first-order chi connectivity index (χ1) is 7.16. The molecule has 0 spiro atoms. The lowest BCUT2D eigenvalue weighted by molar-refractivity contribution is -0.133. The predicted molar refractivity (Wildman–Crippen MR) is 57.4 cm³/mol. The first-order valence-electron chi connectivity index (χ1n) is 4.89. The van der Waals surface area contributed by atoms with Crippen LogP contribution >= 0.6 is 0 Å². The number of fused-ring (bicyclic) bond motifs is 1. The van der Waals surface area contributed by atoms with Crippen molar-refractivity contribution in [3.63, 3.8) is 0 Å². The zero-order valence-electron chi connectivity index (χ0n) is 8.23. The van der Waals surface area contributed by atoms with Gasteiger partial charge in [0.05, 0.1) is 10.8 Å². The van der Waals surface area contributed by atoms with Gasteiger partial charge in [0.1, 0.15) is 5.75 Å². The molecule has 0 fully saturated rings. The van der Waals surface area contributed by atoms with Gasteiger partial charge in [-0.25, -0.2) is 0 Å². The highest BCUT2D eigenvalue weighted by Crippen LogP contribution is 2.24. The van der Waals surface area contributed by atoms with E-state index in [0.29, 0.717) is 4.90 Å². The molecule has 1 N–H and O–H groups in total. The molecule has 0 saturated heterocycles.